The smallest absolute Gasteiger partial charge is 0.418 e. The lowest BCUT2D eigenvalue weighted by atomic mass is 10.1. The number of nitrogen functional groups attached to an aromatic ring is 1. The summed E-state index contributed by atoms with van der Waals surface area (Å²) in [5.41, 5.74) is 10.2. The number of benzene rings is 1. The van der Waals surface area contributed by atoms with Crippen LogP contribution in [-0.4, -0.2) is 31.2 Å². The van der Waals surface area contributed by atoms with Crippen LogP contribution in [0.2, 0.25) is 0 Å². The molecule has 0 unspecified atom stereocenters. The second-order valence-corrected chi connectivity index (χ2v) is 8.28. The van der Waals surface area contributed by atoms with Gasteiger partial charge in [-0.3, -0.25) is 4.57 Å². The maximum Gasteiger partial charge on any atom is 0.418 e. The topological polar surface area (TPSA) is 95.9 Å². The van der Waals surface area contributed by atoms with Crippen molar-refractivity contribution in [3.63, 3.8) is 0 Å². The highest BCUT2D eigenvalue weighted by atomic mass is 16.6. The number of ether oxygens (including phenoxy) is 1. The number of nitrogens with zero attached hydrogens (tertiary/aromatic N) is 4. The lowest BCUT2D eigenvalue weighted by molar-refractivity contribution is 0.0544. The first kappa shape index (κ1) is 19.8. The van der Waals surface area contributed by atoms with E-state index in [4.69, 9.17) is 15.5 Å². The molecule has 2 N–H and O–H groups in total. The predicted molar refractivity (Wildman–Crippen MR) is 118 cm³/mol. The molecule has 154 valence electrons. The zero-order valence-electron chi connectivity index (χ0n) is 17.6. The number of aromatic nitrogens is 4. The molecule has 4 aromatic rings. The first-order valence-corrected chi connectivity index (χ1v) is 10.0. The fraction of sp³-hybridized carbons (Fsp3) is 0.304. The standard InChI is InChI=1S/C23H25N5O2/c1-5-6-17-20-18(27-21(24)26-17)9-8-16(25-20)14-7-10-19-15(13-14)11-12-28(19)22(29)30-23(2,3)4/h7-13H,5-6H2,1-4H3,(H2,24,26,27). The Kier molecular flexibility index (Phi) is 4.89. The number of nitrogens with two attached hydrogens (primary N) is 1. The average molecular weight is 403 g/mol. The fourth-order valence-corrected chi connectivity index (χ4v) is 3.44. The van der Waals surface area contributed by atoms with Gasteiger partial charge >= 0.3 is 6.09 Å². The van der Waals surface area contributed by atoms with E-state index >= 15 is 0 Å². The normalized spacial score (nSPS) is 11.9. The summed E-state index contributed by atoms with van der Waals surface area (Å²) in [5, 5.41) is 0.933. The van der Waals surface area contributed by atoms with E-state index < -0.39 is 11.7 Å². The summed E-state index contributed by atoms with van der Waals surface area (Å²) in [6.45, 7) is 7.65. The van der Waals surface area contributed by atoms with Crippen molar-refractivity contribution in [1.82, 2.24) is 19.5 Å². The van der Waals surface area contributed by atoms with Crippen LogP contribution in [0, 0.1) is 0 Å². The summed E-state index contributed by atoms with van der Waals surface area (Å²) in [6.07, 6.45) is 3.07. The van der Waals surface area contributed by atoms with Gasteiger partial charge in [0.25, 0.3) is 0 Å². The van der Waals surface area contributed by atoms with Crippen molar-refractivity contribution >= 4 is 34.0 Å². The molecule has 0 aliphatic heterocycles. The van der Waals surface area contributed by atoms with Crippen molar-refractivity contribution in [2.75, 3.05) is 5.73 Å². The van der Waals surface area contributed by atoms with Gasteiger partial charge in [-0.15, -0.1) is 0 Å². The molecule has 0 bridgehead atoms. The van der Waals surface area contributed by atoms with E-state index in [0.717, 1.165) is 51.7 Å². The number of rotatable bonds is 3. The van der Waals surface area contributed by atoms with Gasteiger partial charge in [0.1, 0.15) is 11.1 Å². The van der Waals surface area contributed by atoms with Gasteiger partial charge in [0, 0.05) is 17.1 Å². The van der Waals surface area contributed by atoms with Gasteiger partial charge in [0.05, 0.1) is 22.4 Å². The highest BCUT2D eigenvalue weighted by Gasteiger charge is 2.19. The number of anilines is 1. The Bertz CT molecular complexity index is 1250. The van der Waals surface area contributed by atoms with Crippen LogP contribution in [0.4, 0.5) is 10.7 Å². The Labute approximate surface area is 174 Å². The van der Waals surface area contributed by atoms with Crippen LogP contribution in [0.1, 0.15) is 39.8 Å². The van der Waals surface area contributed by atoms with Crippen molar-refractivity contribution < 1.29 is 9.53 Å². The molecule has 0 aliphatic carbocycles. The monoisotopic (exact) mass is 403 g/mol. The van der Waals surface area contributed by atoms with Gasteiger partial charge in [-0.2, -0.15) is 0 Å². The molecule has 3 aromatic heterocycles. The summed E-state index contributed by atoms with van der Waals surface area (Å²) in [4.78, 5) is 26.0. The second kappa shape index (κ2) is 7.40. The third kappa shape index (κ3) is 3.83. The summed E-state index contributed by atoms with van der Waals surface area (Å²) in [7, 11) is 0. The zero-order valence-corrected chi connectivity index (χ0v) is 17.6. The van der Waals surface area contributed by atoms with Crippen LogP contribution in [0.15, 0.2) is 42.6 Å². The first-order valence-electron chi connectivity index (χ1n) is 10.0. The SMILES string of the molecule is CCCc1nc(N)nc2ccc(-c3ccc4c(ccn4C(=O)OC(C)(C)C)c3)nc12. The molecule has 0 radical (unpaired) electrons. The number of hydrogen-bond donors (Lipinski definition) is 1. The van der Waals surface area contributed by atoms with Crippen LogP contribution in [0.25, 0.3) is 33.2 Å². The van der Waals surface area contributed by atoms with Crippen LogP contribution >= 0.6 is 0 Å². The fourth-order valence-electron chi connectivity index (χ4n) is 3.44. The Morgan fingerprint density at radius 1 is 1.10 bits per heavy atom. The number of hydrogen-bond acceptors (Lipinski definition) is 6. The van der Waals surface area contributed by atoms with Gasteiger partial charge < -0.3 is 10.5 Å². The molecule has 30 heavy (non-hydrogen) atoms. The lowest BCUT2D eigenvalue weighted by Crippen LogP contribution is -2.26. The molecule has 4 rings (SSSR count). The minimum atomic E-state index is -0.551. The van der Waals surface area contributed by atoms with Crippen molar-refractivity contribution in [1.29, 1.82) is 0 Å². The predicted octanol–water partition coefficient (Wildman–Crippen LogP) is 4.96. The molecule has 0 fully saturated rings. The third-order valence-corrected chi connectivity index (χ3v) is 4.69. The third-order valence-electron chi connectivity index (χ3n) is 4.69. The maximum atomic E-state index is 12.5. The molecule has 0 aliphatic rings. The highest BCUT2D eigenvalue weighted by molar-refractivity contribution is 5.92. The molecule has 0 saturated carbocycles. The molecule has 0 atom stereocenters. The van der Waals surface area contributed by atoms with E-state index in [1.807, 2.05) is 57.2 Å². The highest BCUT2D eigenvalue weighted by Crippen LogP contribution is 2.27. The van der Waals surface area contributed by atoms with Crippen molar-refractivity contribution in [2.24, 2.45) is 0 Å². The summed E-state index contributed by atoms with van der Waals surface area (Å²) >= 11 is 0. The van der Waals surface area contributed by atoms with E-state index in [-0.39, 0.29) is 5.95 Å². The summed E-state index contributed by atoms with van der Waals surface area (Å²) in [5.74, 6) is 0.269. The largest absolute Gasteiger partial charge is 0.443 e. The Morgan fingerprint density at radius 2 is 1.90 bits per heavy atom. The van der Waals surface area contributed by atoms with E-state index in [1.165, 1.54) is 4.57 Å². The van der Waals surface area contributed by atoms with E-state index in [2.05, 4.69) is 16.9 Å². The maximum absolute atomic E-state index is 12.5. The lowest BCUT2D eigenvalue weighted by Gasteiger charge is -2.19. The van der Waals surface area contributed by atoms with Crippen LogP contribution in [0.3, 0.4) is 0 Å². The molecule has 7 nitrogen and oxygen atoms in total. The quantitative estimate of drug-likeness (QED) is 0.519. The summed E-state index contributed by atoms with van der Waals surface area (Å²) < 4.78 is 7.01. The van der Waals surface area contributed by atoms with Gasteiger partial charge in [-0.25, -0.2) is 19.7 Å². The van der Waals surface area contributed by atoms with Gasteiger partial charge in [0.2, 0.25) is 5.95 Å². The molecular weight excluding hydrogens is 378 g/mol. The van der Waals surface area contributed by atoms with Crippen molar-refractivity contribution in [2.45, 2.75) is 46.1 Å². The molecule has 1 aromatic carbocycles. The number of pyridine rings is 1. The Morgan fingerprint density at radius 3 is 2.63 bits per heavy atom. The zero-order chi connectivity index (χ0) is 21.5. The Hall–Kier alpha value is -3.48. The van der Waals surface area contributed by atoms with Crippen molar-refractivity contribution in [3.8, 4) is 11.3 Å². The average Bonchev–Trinajstić information content (AvgIpc) is 3.10. The minimum Gasteiger partial charge on any atom is -0.443 e. The van der Waals surface area contributed by atoms with Gasteiger partial charge in [0.15, 0.2) is 0 Å². The van der Waals surface area contributed by atoms with E-state index in [1.54, 1.807) is 6.20 Å². The summed E-state index contributed by atoms with van der Waals surface area (Å²) in [6, 6.07) is 11.6. The van der Waals surface area contributed by atoms with Crippen LogP contribution in [-0.2, 0) is 11.2 Å². The molecule has 0 spiro atoms. The van der Waals surface area contributed by atoms with E-state index in [9.17, 15) is 4.79 Å². The van der Waals surface area contributed by atoms with Gasteiger partial charge in [-0.05, 0) is 57.5 Å². The Balaban J connectivity index is 1.75. The number of fused-ring (bicyclic) bond motifs is 2. The molecule has 0 amide bonds. The minimum absolute atomic E-state index is 0.269. The van der Waals surface area contributed by atoms with Crippen LogP contribution in [0.5, 0.6) is 0 Å². The molecule has 0 saturated heterocycles. The van der Waals surface area contributed by atoms with Crippen LogP contribution < -0.4 is 5.73 Å². The molecular formula is C23H25N5O2. The van der Waals surface area contributed by atoms with E-state index in [0.29, 0.717) is 0 Å². The number of aryl methyl sites for hydroxylation is 1. The molecule has 7 heteroatoms. The molecule has 3 heterocycles. The first-order chi connectivity index (χ1) is 14.2. The number of carbonyl (C=O) groups excluding carboxylic acids is 1. The van der Waals surface area contributed by atoms with Crippen molar-refractivity contribution in [3.05, 3.63) is 48.3 Å². The number of carbonyl (C=O) groups is 1. The second-order valence-electron chi connectivity index (χ2n) is 8.28. The van der Waals surface area contributed by atoms with Gasteiger partial charge in [-0.1, -0.05) is 19.4 Å².